The molecule has 0 aliphatic rings. The minimum Gasteiger partial charge on any atom is -0.482 e. The van der Waals surface area contributed by atoms with Crippen LogP contribution in [0.5, 0.6) is 5.75 Å². The molecule has 0 aliphatic carbocycles. The Morgan fingerprint density at radius 3 is 2.75 bits per heavy atom. The van der Waals surface area contributed by atoms with E-state index in [2.05, 4.69) is 22.0 Å². The van der Waals surface area contributed by atoms with Gasteiger partial charge in [-0.3, -0.25) is 0 Å². The lowest BCUT2D eigenvalue weighted by atomic mass is 10.2. The van der Waals surface area contributed by atoms with Gasteiger partial charge >= 0.3 is 5.97 Å². The number of nitrogens with one attached hydrogen (secondary N) is 1. The van der Waals surface area contributed by atoms with Crippen LogP contribution in [-0.2, 0) is 9.53 Å². The molecule has 0 fully saturated rings. The molecular weight excluding hydrogens is 276 g/mol. The Labute approximate surface area is 121 Å². The van der Waals surface area contributed by atoms with Crippen molar-refractivity contribution in [1.82, 2.24) is 4.98 Å². The summed E-state index contributed by atoms with van der Waals surface area (Å²) in [4.78, 5) is 15.2. The zero-order chi connectivity index (χ0) is 14.4. The van der Waals surface area contributed by atoms with Crippen LogP contribution >= 0.6 is 11.3 Å². The van der Waals surface area contributed by atoms with Crippen molar-refractivity contribution in [2.45, 2.75) is 13.0 Å². The van der Waals surface area contributed by atoms with Gasteiger partial charge in [0.25, 0.3) is 0 Å². The number of hydrogen-bond acceptors (Lipinski definition) is 6. The molecule has 1 aromatic carbocycles. The number of ether oxygens (including phenoxy) is 2. The maximum absolute atomic E-state index is 11.0. The number of nitrogens with zero attached hydrogens (tertiary/aromatic N) is 1. The lowest BCUT2D eigenvalue weighted by molar-refractivity contribution is -0.142. The topological polar surface area (TPSA) is 60.5 Å². The molecule has 0 aliphatic heterocycles. The Morgan fingerprint density at radius 2 is 2.15 bits per heavy atom. The van der Waals surface area contributed by atoms with Crippen LogP contribution in [0.25, 0.3) is 0 Å². The van der Waals surface area contributed by atoms with E-state index in [4.69, 9.17) is 4.74 Å². The molecule has 2 rings (SSSR count). The van der Waals surface area contributed by atoms with Crippen LogP contribution < -0.4 is 10.1 Å². The number of thiazole rings is 1. The lowest BCUT2D eigenvalue weighted by Crippen LogP contribution is -2.12. The van der Waals surface area contributed by atoms with Crippen molar-refractivity contribution >= 4 is 23.0 Å². The van der Waals surface area contributed by atoms with E-state index in [1.165, 1.54) is 7.11 Å². The highest BCUT2D eigenvalue weighted by molar-refractivity contribution is 7.07. The Kier molecular flexibility index (Phi) is 4.95. The Morgan fingerprint density at radius 1 is 1.40 bits per heavy atom. The Bertz CT molecular complexity index is 540. The molecule has 1 aromatic heterocycles. The van der Waals surface area contributed by atoms with Gasteiger partial charge in [-0.2, -0.15) is 0 Å². The fourth-order valence-corrected chi connectivity index (χ4v) is 2.26. The third-order valence-corrected chi connectivity index (χ3v) is 3.32. The van der Waals surface area contributed by atoms with Crippen LogP contribution in [0.15, 0.2) is 35.2 Å². The van der Waals surface area contributed by atoms with E-state index in [0.29, 0.717) is 5.75 Å². The summed E-state index contributed by atoms with van der Waals surface area (Å²) in [5.41, 5.74) is 3.80. The molecule has 0 radical (unpaired) electrons. The highest BCUT2D eigenvalue weighted by Gasteiger charge is 2.07. The average molecular weight is 292 g/mol. The summed E-state index contributed by atoms with van der Waals surface area (Å²) in [6.07, 6.45) is 0. The predicted octanol–water partition coefficient (Wildman–Crippen LogP) is 2.87. The largest absolute Gasteiger partial charge is 0.482 e. The summed E-state index contributed by atoms with van der Waals surface area (Å²) in [5.74, 6) is 0.228. The number of methoxy groups -OCH3 is 1. The van der Waals surface area contributed by atoms with Gasteiger partial charge in [0.2, 0.25) is 0 Å². The van der Waals surface area contributed by atoms with Gasteiger partial charge in [0, 0.05) is 11.1 Å². The van der Waals surface area contributed by atoms with Crippen LogP contribution in [-0.4, -0.2) is 24.7 Å². The van der Waals surface area contributed by atoms with Crippen molar-refractivity contribution in [2.75, 3.05) is 19.0 Å². The third kappa shape index (κ3) is 3.96. The smallest absolute Gasteiger partial charge is 0.343 e. The molecule has 20 heavy (non-hydrogen) atoms. The number of anilines is 1. The maximum atomic E-state index is 11.0. The van der Waals surface area contributed by atoms with E-state index >= 15 is 0 Å². The summed E-state index contributed by atoms with van der Waals surface area (Å²) in [6, 6.07) is 7.55. The number of benzene rings is 1. The van der Waals surface area contributed by atoms with Crippen molar-refractivity contribution in [1.29, 1.82) is 0 Å². The Hall–Kier alpha value is -2.08. The van der Waals surface area contributed by atoms with Crippen molar-refractivity contribution in [3.63, 3.8) is 0 Å². The van der Waals surface area contributed by atoms with Gasteiger partial charge in [0.1, 0.15) is 5.75 Å². The quantitative estimate of drug-likeness (QED) is 0.830. The predicted molar refractivity (Wildman–Crippen MR) is 78.1 cm³/mol. The normalized spacial score (nSPS) is 11.7. The molecule has 1 N–H and O–H groups in total. The number of esters is 1. The fraction of sp³-hybridized carbons (Fsp3) is 0.286. The summed E-state index contributed by atoms with van der Waals surface area (Å²) in [7, 11) is 1.33. The van der Waals surface area contributed by atoms with Gasteiger partial charge in [0.05, 0.1) is 24.4 Å². The third-order valence-electron chi connectivity index (χ3n) is 2.72. The second-order valence-electron chi connectivity index (χ2n) is 4.17. The minimum atomic E-state index is -0.399. The van der Waals surface area contributed by atoms with Gasteiger partial charge in [-0.1, -0.05) is 0 Å². The lowest BCUT2D eigenvalue weighted by Gasteiger charge is -2.13. The molecule has 106 valence electrons. The van der Waals surface area contributed by atoms with Crippen molar-refractivity contribution in [3.05, 3.63) is 40.8 Å². The molecule has 0 saturated heterocycles. The second-order valence-corrected chi connectivity index (χ2v) is 4.89. The van der Waals surface area contributed by atoms with Gasteiger partial charge in [0.15, 0.2) is 6.61 Å². The first-order valence-electron chi connectivity index (χ1n) is 6.13. The van der Waals surface area contributed by atoms with E-state index < -0.39 is 5.97 Å². The number of hydrogen-bond donors (Lipinski definition) is 1. The fourth-order valence-electron chi connectivity index (χ4n) is 1.61. The zero-order valence-corrected chi connectivity index (χ0v) is 12.1. The van der Waals surface area contributed by atoms with E-state index in [-0.39, 0.29) is 12.6 Å². The first kappa shape index (κ1) is 14.3. The molecular formula is C14H16N2O3S. The first-order chi connectivity index (χ1) is 9.69. The van der Waals surface area contributed by atoms with E-state index in [9.17, 15) is 4.79 Å². The van der Waals surface area contributed by atoms with Gasteiger partial charge in [-0.05, 0) is 31.2 Å². The second kappa shape index (κ2) is 6.91. The summed E-state index contributed by atoms with van der Waals surface area (Å²) >= 11 is 1.58. The van der Waals surface area contributed by atoms with Crippen LogP contribution in [0.4, 0.5) is 5.69 Å². The van der Waals surface area contributed by atoms with Crippen LogP contribution in [0.3, 0.4) is 0 Å². The molecule has 1 unspecified atom stereocenters. The molecule has 0 spiro atoms. The Balaban J connectivity index is 1.89. The minimum absolute atomic E-state index is 0.0848. The zero-order valence-electron chi connectivity index (χ0n) is 11.3. The molecule has 5 nitrogen and oxygen atoms in total. The average Bonchev–Trinajstić information content (AvgIpc) is 3.00. The highest BCUT2D eigenvalue weighted by atomic mass is 32.1. The number of carbonyl (C=O) groups is 1. The molecule has 0 bridgehead atoms. The monoisotopic (exact) mass is 292 g/mol. The molecule has 6 heteroatoms. The van der Waals surface area contributed by atoms with Gasteiger partial charge in [-0.25, -0.2) is 9.78 Å². The van der Waals surface area contributed by atoms with E-state index in [0.717, 1.165) is 11.4 Å². The number of aromatic nitrogens is 1. The maximum Gasteiger partial charge on any atom is 0.343 e. The molecule has 0 amide bonds. The first-order valence-corrected chi connectivity index (χ1v) is 7.07. The molecule has 1 atom stereocenters. The molecule has 1 heterocycles. The van der Waals surface area contributed by atoms with Gasteiger partial charge < -0.3 is 14.8 Å². The summed E-state index contributed by atoms with van der Waals surface area (Å²) in [5, 5.41) is 5.36. The van der Waals surface area contributed by atoms with Crippen LogP contribution in [0.1, 0.15) is 18.7 Å². The van der Waals surface area contributed by atoms with Crippen molar-refractivity contribution < 1.29 is 14.3 Å². The summed E-state index contributed by atoms with van der Waals surface area (Å²) < 4.78 is 9.79. The summed E-state index contributed by atoms with van der Waals surface area (Å²) in [6.45, 7) is 1.97. The number of carbonyl (C=O) groups excluding carboxylic acids is 1. The van der Waals surface area contributed by atoms with Crippen molar-refractivity contribution in [3.8, 4) is 5.75 Å². The van der Waals surface area contributed by atoms with E-state index in [1.807, 2.05) is 23.0 Å². The van der Waals surface area contributed by atoms with Gasteiger partial charge in [-0.15, -0.1) is 11.3 Å². The van der Waals surface area contributed by atoms with Crippen LogP contribution in [0.2, 0.25) is 0 Å². The SMILES string of the molecule is COC(=O)COc1ccc(NC(C)c2cscn2)cc1. The standard InChI is InChI=1S/C14H16N2O3S/c1-10(13-8-20-9-15-13)16-11-3-5-12(6-4-11)19-7-14(17)18-2/h3-6,8-10,16H,7H2,1-2H3. The molecule has 2 aromatic rings. The molecule has 0 saturated carbocycles. The van der Waals surface area contributed by atoms with Crippen molar-refractivity contribution in [2.24, 2.45) is 0 Å². The number of rotatable bonds is 6. The van der Waals surface area contributed by atoms with Crippen LogP contribution in [0, 0.1) is 0 Å². The van der Waals surface area contributed by atoms with E-state index in [1.54, 1.807) is 23.5 Å². The highest BCUT2D eigenvalue weighted by Crippen LogP contribution is 2.21.